The van der Waals surface area contributed by atoms with E-state index < -0.39 is 5.82 Å². The lowest BCUT2D eigenvalue weighted by Crippen LogP contribution is -2.01. The summed E-state index contributed by atoms with van der Waals surface area (Å²) in [6, 6.07) is 6.41. The van der Waals surface area contributed by atoms with E-state index in [2.05, 4.69) is 22.2 Å². The summed E-state index contributed by atoms with van der Waals surface area (Å²) < 4.78 is 13.2. The topological polar surface area (TPSA) is 37.8 Å². The third kappa shape index (κ3) is 3.20. The van der Waals surface area contributed by atoms with Crippen LogP contribution in [-0.2, 0) is 6.42 Å². The van der Waals surface area contributed by atoms with E-state index in [1.807, 2.05) is 6.07 Å². The second kappa shape index (κ2) is 5.97. The molecule has 1 aromatic heterocycles. The van der Waals surface area contributed by atoms with Crippen molar-refractivity contribution in [1.82, 2.24) is 9.97 Å². The van der Waals surface area contributed by atoms with Gasteiger partial charge in [0.25, 0.3) is 0 Å². The van der Waals surface area contributed by atoms with E-state index in [9.17, 15) is 4.39 Å². The van der Waals surface area contributed by atoms with Crippen LogP contribution in [0.25, 0.3) is 11.3 Å². The normalized spacial score (nSPS) is 10.5. The van der Waals surface area contributed by atoms with Crippen molar-refractivity contribution in [1.29, 1.82) is 0 Å². The number of nitrogens with zero attached hydrogens (tertiary/aromatic N) is 2. The van der Waals surface area contributed by atoms with E-state index in [4.69, 9.17) is 11.6 Å². The molecule has 0 spiro atoms. The molecule has 0 saturated heterocycles. The maximum absolute atomic E-state index is 13.2. The van der Waals surface area contributed by atoms with Crippen LogP contribution in [0.4, 0.5) is 10.2 Å². The molecule has 0 atom stereocenters. The van der Waals surface area contributed by atoms with Crippen LogP contribution < -0.4 is 5.32 Å². The first-order chi connectivity index (χ1) is 9.13. The van der Waals surface area contributed by atoms with E-state index in [1.165, 1.54) is 6.07 Å². The van der Waals surface area contributed by atoms with Crippen molar-refractivity contribution in [3.8, 4) is 11.3 Å². The Labute approximate surface area is 116 Å². The van der Waals surface area contributed by atoms with Crippen molar-refractivity contribution < 1.29 is 4.39 Å². The Balaban J connectivity index is 2.47. The SMILES string of the molecule is CCCc1nc(NC)cc(-c2ccc(F)c(Cl)c2)n1. The van der Waals surface area contributed by atoms with Crippen LogP contribution in [0.2, 0.25) is 5.02 Å². The summed E-state index contributed by atoms with van der Waals surface area (Å²) in [6.07, 6.45) is 1.77. The Bertz CT molecular complexity index is 587. The van der Waals surface area contributed by atoms with E-state index in [0.29, 0.717) is 0 Å². The van der Waals surface area contributed by atoms with Gasteiger partial charge in [-0.05, 0) is 24.6 Å². The molecule has 0 aliphatic carbocycles. The summed E-state index contributed by atoms with van der Waals surface area (Å²) in [6.45, 7) is 2.07. The smallest absolute Gasteiger partial charge is 0.141 e. The maximum atomic E-state index is 13.2. The van der Waals surface area contributed by atoms with Crippen LogP contribution >= 0.6 is 11.6 Å². The Morgan fingerprint density at radius 1 is 1.26 bits per heavy atom. The highest BCUT2D eigenvalue weighted by atomic mass is 35.5. The van der Waals surface area contributed by atoms with Gasteiger partial charge in [0.1, 0.15) is 17.5 Å². The van der Waals surface area contributed by atoms with Gasteiger partial charge in [0.2, 0.25) is 0 Å². The first-order valence-corrected chi connectivity index (χ1v) is 6.53. The lowest BCUT2D eigenvalue weighted by molar-refractivity contribution is 0.628. The van der Waals surface area contributed by atoms with Crippen LogP contribution in [0, 0.1) is 5.82 Å². The molecule has 0 radical (unpaired) electrons. The number of halogens is 2. The summed E-state index contributed by atoms with van der Waals surface area (Å²) >= 11 is 5.80. The highest BCUT2D eigenvalue weighted by molar-refractivity contribution is 6.31. The fourth-order valence-corrected chi connectivity index (χ4v) is 1.94. The number of rotatable bonds is 4. The minimum atomic E-state index is -0.429. The summed E-state index contributed by atoms with van der Waals surface area (Å²) in [5.41, 5.74) is 1.52. The highest BCUT2D eigenvalue weighted by Gasteiger charge is 2.08. The van der Waals surface area contributed by atoms with Crippen molar-refractivity contribution in [3.63, 3.8) is 0 Å². The van der Waals surface area contributed by atoms with E-state index in [1.54, 1.807) is 19.2 Å². The summed E-state index contributed by atoms with van der Waals surface area (Å²) in [7, 11) is 1.81. The zero-order valence-corrected chi connectivity index (χ0v) is 11.6. The molecule has 3 nitrogen and oxygen atoms in total. The molecule has 0 fully saturated rings. The molecule has 2 rings (SSSR count). The van der Waals surface area contributed by atoms with Crippen LogP contribution in [0.5, 0.6) is 0 Å². The first-order valence-electron chi connectivity index (χ1n) is 6.15. The van der Waals surface area contributed by atoms with Crippen LogP contribution in [0.15, 0.2) is 24.3 Å². The fraction of sp³-hybridized carbons (Fsp3) is 0.286. The summed E-state index contributed by atoms with van der Waals surface area (Å²) in [4.78, 5) is 8.86. The van der Waals surface area contributed by atoms with Crippen molar-refractivity contribution in [2.45, 2.75) is 19.8 Å². The second-order valence-corrected chi connectivity index (χ2v) is 4.59. The molecule has 0 unspecified atom stereocenters. The molecule has 0 aliphatic heterocycles. The van der Waals surface area contributed by atoms with Gasteiger partial charge < -0.3 is 5.32 Å². The zero-order valence-electron chi connectivity index (χ0n) is 10.9. The largest absolute Gasteiger partial charge is 0.373 e. The predicted octanol–water partition coefficient (Wildman–Crippen LogP) is 3.93. The molecular weight excluding hydrogens is 265 g/mol. The third-order valence-electron chi connectivity index (χ3n) is 2.72. The molecule has 1 N–H and O–H groups in total. The maximum Gasteiger partial charge on any atom is 0.141 e. The number of anilines is 1. The standard InChI is InChI=1S/C14H15ClFN3/c1-3-4-13-18-12(8-14(17-2)19-13)9-5-6-11(16)10(15)7-9/h5-8H,3-4H2,1-2H3,(H,17,18,19). The summed E-state index contributed by atoms with van der Waals surface area (Å²) in [5, 5.41) is 3.10. The van der Waals surface area contributed by atoms with Gasteiger partial charge in [-0.1, -0.05) is 18.5 Å². The molecule has 0 aliphatic rings. The Hall–Kier alpha value is -1.68. The average Bonchev–Trinajstić information content (AvgIpc) is 2.42. The lowest BCUT2D eigenvalue weighted by Gasteiger charge is -2.08. The van der Waals surface area contributed by atoms with E-state index >= 15 is 0 Å². The Morgan fingerprint density at radius 2 is 2.05 bits per heavy atom. The molecule has 19 heavy (non-hydrogen) atoms. The van der Waals surface area contributed by atoms with Crippen molar-refractivity contribution >= 4 is 17.4 Å². The van der Waals surface area contributed by atoms with Gasteiger partial charge in [-0.2, -0.15) is 0 Å². The average molecular weight is 280 g/mol. The van der Waals surface area contributed by atoms with Crippen LogP contribution in [-0.4, -0.2) is 17.0 Å². The van der Waals surface area contributed by atoms with Gasteiger partial charge in [-0.15, -0.1) is 0 Å². The number of aromatic nitrogens is 2. The van der Waals surface area contributed by atoms with Gasteiger partial charge in [0.15, 0.2) is 0 Å². The molecule has 0 saturated carbocycles. The molecular formula is C14H15ClFN3. The predicted molar refractivity (Wildman–Crippen MR) is 76.0 cm³/mol. The Kier molecular flexibility index (Phi) is 4.32. The quantitative estimate of drug-likeness (QED) is 0.921. The fourth-order valence-electron chi connectivity index (χ4n) is 1.76. The van der Waals surface area contributed by atoms with Crippen LogP contribution in [0.1, 0.15) is 19.2 Å². The zero-order chi connectivity index (χ0) is 13.8. The van der Waals surface area contributed by atoms with E-state index in [0.717, 1.165) is 35.7 Å². The molecule has 0 bridgehead atoms. The van der Waals surface area contributed by atoms with Crippen molar-refractivity contribution in [3.05, 3.63) is 40.9 Å². The Morgan fingerprint density at radius 3 is 2.68 bits per heavy atom. The van der Waals surface area contributed by atoms with Gasteiger partial charge in [0.05, 0.1) is 10.7 Å². The van der Waals surface area contributed by atoms with Crippen LogP contribution in [0.3, 0.4) is 0 Å². The summed E-state index contributed by atoms with van der Waals surface area (Å²) in [5.74, 6) is 1.08. The monoisotopic (exact) mass is 279 g/mol. The molecule has 0 amide bonds. The number of hydrogen-bond acceptors (Lipinski definition) is 3. The van der Waals surface area contributed by atoms with Crippen molar-refractivity contribution in [2.24, 2.45) is 0 Å². The second-order valence-electron chi connectivity index (χ2n) is 4.18. The number of benzene rings is 1. The molecule has 1 heterocycles. The molecule has 1 aromatic carbocycles. The number of hydrogen-bond donors (Lipinski definition) is 1. The van der Waals surface area contributed by atoms with Gasteiger partial charge in [-0.25, -0.2) is 14.4 Å². The minimum absolute atomic E-state index is 0.0964. The number of aryl methyl sites for hydroxylation is 1. The minimum Gasteiger partial charge on any atom is -0.373 e. The number of nitrogens with one attached hydrogen (secondary N) is 1. The van der Waals surface area contributed by atoms with Gasteiger partial charge in [-0.3, -0.25) is 0 Å². The van der Waals surface area contributed by atoms with Crippen molar-refractivity contribution in [2.75, 3.05) is 12.4 Å². The molecule has 2 aromatic rings. The first kappa shape index (κ1) is 13.7. The molecule has 5 heteroatoms. The van der Waals surface area contributed by atoms with Gasteiger partial charge >= 0.3 is 0 Å². The van der Waals surface area contributed by atoms with E-state index in [-0.39, 0.29) is 5.02 Å². The van der Waals surface area contributed by atoms with Gasteiger partial charge in [0, 0.05) is 25.1 Å². The molecule has 100 valence electrons. The highest BCUT2D eigenvalue weighted by Crippen LogP contribution is 2.25. The third-order valence-corrected chi connectivity index (χ3v) is 3.01. The lowest BCUT2D eigenvalue weighted by atomic mass is 10.1.